The van der Waals surface area contributed by atoms with Crippen LogP contribution in [0.15, 0.2) is 48.5 Å². The van der Waals surface area contributed by atoms with E-state index >= 15 is 0 Å². The van der Waals surface area contributed by atoms with Gasteiger partial charge in [-0.05, 0) is 42.0 Å². The molecule has 1 aliphatic rings. The lowest BCUT2D eigenvalue weighted by molar-refractivity contribution is -0.107. The van der Waals surface area contributed by atoms with Crippen molar-refractivity contribution < 1.29 is 4.79 Å². The third-order valence-electron chi connectivity index (χ3n) is 4.22. The molecule has 0 aliphatic carbocycles. The lowest BCUT2D eigenvalue weighted by Gasteiger charge is -2.26. The number of anilines is 1. The Balaban J connectivity index is 1.88. The highest BCUT2D eigenvalue weighted by Crippen LogP contribution is 2.27. The fraction of sp³-hybridized carbons (Fsp3) is 0.316. The molecule has 0 radical (unpaired) electrons. The van der Waals surface area contributed by atoms with E-state index in [0.717, 1.165) is 32.2 Å². The van der Waals surface area contributed by atoms with Crippen molar-refractivity contribution >= 4 is 12.0 Å². The zero-order chi connectivity index (χ0) is 14.5. The summed E-state index contributed by atoms with van der Waals surface area (Å²) >= 11 is 0. The summed E-state index contributed by atoms with van der Waals surface area (Å²) in [6.07, 6.45) is 4.77. The van der Waals surface area contributed by atoms with E-state index in [2.05, 4.69) is 53.4 Å². The summed E-state index contributed by atoms with van der Waals surface area (Å²) in [7, 11) is 0. The molecule has 1 heterocycles. The highest BCUT2D eigenvalue weighted by atomic mass is 16.1. The first-order chi connectivity index (χ1) is 10.4. The van der Waals surface area contributed by atoms with Gasteiger partial charge in [-0.25, -0.2) is 0 Å². The first-order valence-corrected chi connectivity index (χ1v) is 7.72. The molecule has 0 N–H and O–H groups in total. The molecule has 0 saturated carbocycles. The van der Waals surface area contributed by atoms with Gasteiger partial charge in [0.15, 0.2) is 0 Å². The molecule has 0 spiro atoms. The maximum absolute atomic E-state index is 10.7. The molecule has 108 valence electrons. The summed E-state index contributed by atoms with van der Waals surface area (Å²) in [5, 5.41) is 0. The van der Waals surface area contributed by atoms with E-state index in [1.165, 1.54) is 28.8 Å². The molecular weight excluding hydrogens is 258 g/mol. The Morgan fingerprint density at radius 2 is 1.76 bits per heavy atom. The van der Waals surface area contributed by atoms with E-state index in [1.54, 1.807) is 0 Å². The quantitative estimate of drug-likeness (QED) is 0.794. The van der Waals surface area contributed by atoms with Crippen molar-refractivity contribution in [2.45, 2.75) is 32.2 Å². The Hall–Kier alpha value is -2.09. The molecular formula is C19H21NO. The number of carbonyl (C=O) groups is 1. The van der Waals surface area contributed by atoms with Crippen LogP contribution in [0.5, 0.6) is 0 Å². The lowest BCUT2D eigenvalue weighted by atomic mass is 10.0. The molecule has 2 heteroatoms. The molecule has 0 fully saturated rings. The molecule has 0 amide bonds. The molecule has 0 atom stereocenters. The second kappa shape index (κ2) is 6.57. The number of para-hydroxylation sites is 1. The highest BCUT2D eigenvalue weighted by Gasteiger charge is 2.16. The number of rotatable bonds is 4. The maximum atomic E-state index is 10.7. The Kier molecular flexibility index (Phi) is 4.34. The molecule has 3 rings (SSSR count). The summed E-state index contributed by atoms with van der Waals surface area (Å²) < 4.78 is 0. The standard InChI is InChI=1S/C19H21NO/c21-14-6-11-17-8-3-4-12-19(17)20-13-5-10-16-7-1-2-9-18(16)15-20/h1-4,7-9,12,14H,5-6,10-11,13,15H2. The second-order valence-electron chi connectivity index (χ2n) is 5.63. The van der Waals surface area contributed by atoms with Crippen molar-refractivity contribution in [1.29, 1.82) is 0 Å². The van der Waals surface area contributed by atoms with Gasteiger partial charge in [-0.15, -0.1) is 0 Å². The maximum Gasteiger partial charge on any atom is 0.120 e. The summed E-state index contributed by atoms with van der Waals surface area (Å²) in [6, 6.07) is 17.2. The lowest BCUT2D eigenvalue weighted by Crippen LogP contribution is -2.23. The number of aldehydes is 1. The van der Waals surface area contributed by atoms with E-state index in [9.17, 15) is 4.79 Å². The smallest absolute Gasteiger partial charge is 0.120 e. The van der Waals surface area contributed by atoms with E-state index in [1.807, 2.05) is 0 Å². The summed E-state index contributed by atoms with van der Waals surface area (Å²) in [6.45, 7) is 2.04. The third kappa shape index (κ3) is 3.15. The molecule has 2 nitrogen and oxygen atoms in total. The number of fused-ring (bicyclic) bond motifs is 1. The molecule has 2 aromatic rings. The zero-order valence-corrected chi connectivity index (χ0v) is 12.3. The van der Waals surface area contributed by atoms with Crippen molar-refractivity contribution in [2.75, 3.05) is 11.4 Å². The van der Waals surface area contributed by atoms with Gasteiger partial charge in [-0.1, -0.05) is 42.5 Å². The normalized spacial score (nSPS) is 14.4. The highest BCUT2D eigenvalue weighted by molar-refractivity contribution is 5.57. The predicted octanol–water partition coefficient (Wildman–Crippen LogP) is 3.77. The van der Waals surface area contributed by atoms with Gasteiger partial charge in [0, 0.05) is 25.2 Å². The fourth-order valence-corrected chi connectivity index (χ4v) is 3.15. The van der Waals surface area contributed by atoms with Gasteiger partial charge in [0.25, 0.3) is 0 Å². The molecule has 0 aromatic heterocycles. The van der Waals surface area contributed by atoms with Gasteiger partial charge in [-0.3, -0.25) is 0 Å². The van der Waals surface area contributed by atoms with Crippen molar-refractivity contribution in [1.82, 2.24) is 0 Å². The topological polar surface area (TPSA) is 20.3 Å². The van der Waals surface area contributed by atoms with Crippen molar-refractivity contribution in [3.8, 4) is 0 Å². The minimum atomic E-state index is 0.599. The zero-order valence-electron chi connectivity index (χ0n) is 12.3. The SMILES string of the molecule is O=CCCc1ccccc1N1CCCc2ccccc2C1. The molecule has 1 aliphatic heterocycles. The first-order valence-electron chi connectivity index (χ1n) is 7.72. The number of hydrogen-bond donors (Lipinski definition) is 0. The Labute approximate surface area is 126 Å². The van der Waals surface area contributed by atoms with Crippen molar-refractivity contribution in [3.05, 3.63) is 65.2 Å². The summed E-state index contributed by atoms with van der Waals surface area (Å²) in [5.41, 5.74) is 5.48. The van der Waals surface area contributed by atoms with Crippen LogP contribution in [0.25, 0.3) is 0 Å². The minimum absolute atomic E-state index is 0.599. The molecule has 2 aromatic carbocycles. The summed E-state index contributed by atoms with van der Waals surface area (Å²) in [5.74, 6) is 0. The summed E-state index contributed by atoms with van der Waals surface area (Å²) in [4.78, 5) is 13.1. The van der Waals surface area contributed by atoms with Gasteiger partial charge < -0.3 is 9.69 Å². The fourth-order valence-electron chi connectivity index (χ4n) is 3.15. The average Bonchev–Trinajstić information content (AvgIpc) is 2.75. The van der Waals surface area contributed by atoms with Gasteiger partial charge >= 0.3 is 0 Å². The number of carbonyl (C=O) groups excluding carboxylic acids is 1. The monoisotopic (exact) mass is 279 g/mol. The number of aryl methyl sites for hydroxylation is 2. The first kappa shape index (κ1) is 13.9. The van der Waals surface area contributed by atoms with E-state index in [4.69, 9.17) is 0 Å². The predicted molar refractivity (Wildman–Crippen MR) is 86.6 cm³/mol. The van der Waals surface area contributed by atoms with Gasteiger partial charge in [0.1, 0.15) is 6.29 Å². The Morgan fingerprint density at radius 1 is 1.00 bits per heavy atom. The van der Waals surface area contributed by atoms with Crippen LogP contribution in [0.1, 0.15) is 29.5 Å². The number of hydrogen-bond acceptors (Lipinski definition) is 2. The minimum Gasteiger partial charge on any atom is -0.367 e. The van der Waals surface area contributed by atoms with Crippen LogP contribution in [0.3, 0.4) is 0 Å². The van der Waals surface area contributed by atoms with Gasteiger partial charge in [0.05, 0.1) is 0 Å². The van der Waals surface area contributed by atoms with E-state index in [0.29, 0.717) is 6.42 Å². The Bertz CT molecular complexity index is 620. The Morgan fingerprint density at radius 3 is 2.62 bits per heavy atom. The number of benzene rings is 2. The van der Waals surface area contributed by atoms with Crippen LogP contribution >= 0.6 is 0 Å². The van der Waals surface area contributed by atoms with E-state index < -0.39 is 0 Å². The molecule has 0 unspecified atom stereocenters. The van der Waals surface area contributed by atoms with Crippen LogP contribution in [-0.2, 0) is 24.2 Å². The van der Waals surface area contributed by atoms with Crippen molar-refractivity contribution in [2.24, 2.45) is 0 Å². The van der Waals surface area contributed by atoms with Crippen LogP contribution in [0, 0.1) is 0 Å². The second-order valence-corrected chi connectivity index (χ2v) is 5.63. The van der Waals surface area contributed by atoms with Gasteiger partial charge in [0.2, 0.25) is 0 Å². The van der Waals surface area contributed by atoms with Crippen LogP contribution in [0.2, 0.25) is 0 Å². The van der Waals surface area contributed by atoms with Crippen LogP contribution < -0.4 is 4.90 Å². The van der Waals surface area contributed by atoms with Gasteiger partial charge in [-0.2, -0.15) is 0 Å². The average molecular weight is 279 g/mol. The van der Waals surface area contributed by atoms with Crippen LogP contribution in [-0.4, -0.2) is 12.8 Å². The van der Waals surface area contributed by atoms with E-state index in [-0.39, 0.29) is 0 Å². The molecule has 21 heavy (non-hydrogen) atoms. The number of nitrogens with zero attached hydrogens (tertiary/aromatic N) is 1. The third-order valence-corrected chi connectivity index (χ3v) is 4.22. The van der Waals surface area contributed by atoms with Crippen molar-refractivity contribution in [3.63, 3.8) is 0 Å². The molecule has 0 saturated heterocycles. The largest absolute Gasteiger partial charge is 0.367 e. The van der Waals surface area contributed by atoms with Crippen LogP contribution in [0.4, 0.5) is 5.69 Å². The molecule has 0 bridgehead atoms.